The van der Waals surface area contributed by atoms with E-state index in [1.54, 1.807) is 13.2 Å². The lowest BCUT2D eigenvalue weighted by Crippen LogP contribution is -2.37. The number of nitrogens with zero attached hydrogens (tertiary/aromatic N) is 1. The summed E-state index contributed by atoms with van der Waals surface area (Å²) in [4.78, 5) is 2.53. The first-order valence-electron chi connectivity index (χ1n) is 9.79. The van der Waals surface area contributed by atoms with Crippen LogP contribution in [0.1, 0.15) is 30.9 Å². The molecule has 0 aliphatic carbocycles. The molecule has 0 spiro atoms. The molecule has 1 aliphatic heterocycles. The van der Waals surface area contributed by atoms with Gasteiger partial charge in [-0.1, -0.05) is 30.7 Å². The Kier molecular flexibility index (Phi) is 11.8. The molecule has 1 N–H and O–H groups in total. The predicted molar refractivity (Wildman–Crippen MR) is 125 cm³/mol. The molecule has 2 aromatic carbocycles. The highest BCUT2D eigenvalue weighted by Crippen LogP contribution is 2.30. The van der Waals surface area contributed by atoms with Crippen molar-refractivity contribution in [1.82, 2.24) is 10.2 Å². The SMILES string of the molecule is CCN1CCCC1CNCc1ccc(OCc2ccc(F)cc2Cl)c(OC)c1.Cl.Cl. The molecular formula is C22H30Cl3FN2O2. The van der Waals surface area contributed by atoms with Gasteiger partial charge < -0.3 is 14.8 Å². The van der Waals surface area contributed by atoms with Crippen LogP contribution in [0.25, 0.3) is 0 Å². The van der Waals surface area contributed by atoms with Gasteiger partial charge in [0.25, 0.3) is 0 Å². The van der Waals surface area contributed by atoms with Gasteiger partial charge in [0.15, 0.2) is 11.5 Å². The predicted octanol–water partition coefficient (Wildman–Crippen LogP) is 5.48. The molecule has 0 radical (unpaired) electrons. The van der Waals surface area contributed by atoms with Gasteiger partial charge in [-0.25, -0.2) is 4.39 Å². The monoisotopic (exact) mass is 478 g/mol. The van der Waals surface area contributed by atoms with Gasteiger partial charge in [0, 0.05) is 24.7 Å². The summed E-state index contributed by atoms with van der Waals surface area (Å²) in [6, 6.07) is 10.8. The van der Waals surface area contributed by atoms with Crippen molar-refractivity contribution in [1.29, 1.82) is 0 Å². The van der Waals surface area contributed by atoms with Crippen LogP contribution in [0.15, 0.2) is 36.4 Å². The van der Waals surface area contributed by atoms with E-state index in [9.17, 15) is 4.39 Å². The van der Waals surface area contributed by atoms with Gasteiger partial charge in [0.1, 0.15) is 12.4 Å². The van der Waals surface area contributed by atoms with E-state index in [2.05, 4.69) is 17.1 Å². The third-order valence-electron chi connectivity index (χ3n) is 5.24. The standard InChI is InChI=1S/C22H28ClFN2O2.2ClH/c1-3-26-10-4-5-19(26)14-25-13-16-6-9-21(22(11-16)27-2)28-15-17-7-8-18(24)12-20(17)23;;/h6-9,11-12,19,25H,3-5,10,13-15H2,1-2H3;2*1H. The first-order valence-corrected chi connectivity index (χ1v) is 10.2. The molecule has 1 saturated heterocycles. The quantitative estimate of drug-likeness (QED) is 0.516. The molecule has 1 unspecified atom stereocenters. The van der Waals surface area contributed by atoms with Crippen molar-refractivity contribution >= 4 is 36.4 Å². The first-order chi connectivity index (χ1) is 13.6. The molecule has 0 bridgehead atoms. The summed E-state index contributed by atoms with van der Waals surface area (Å²) in [5.41, 5.74) is 1.87. The number of ether oxygens (including phenoxy) is 2. The maximum atomic E-state index is 13.2. The number of hydrogen-bond acceptors (Lipinski definition) is 4. The maximum Gasteiger partial charge on any atom is 0.161 e. The van der Waals surface area contributed by atoms with Crippen LogP contribution >= 0.6 is 36.4 Å². The van der Waals surface area contributed by atoms with Crippen LogP contribution in [0.3, 0.4) is 0 Å². The van der Waals surface area contributed by atoms with Crippen molar-refractivity contribution in [3.05, 3.63) is 58.4 Å². The van der Waals surface area contributed by atoms with Crippen molar-refractivity contribution in [2.24, 2.45) is 0 Å². The van der Waals surface area contributed by atoms with Crippen LogP contribution < -0.4 is 14.8 Å². The van der Waals surface area contributed by atoms with E-state index in [4.69, 9.17) is 21.1 Å². The van der Waals surface area contributed by atoms with Crippen molar-refractivity contribution in [2.45, 2.75) is 39.0 Å². The molecule has 1 fully saturated rings. The van der Waals surface area contributed by atoms with Gasteiger partial charge in [0.05, 0.1) is 12.1 Å². The largest absolute Gasteiger partial charge is 0.493 e. The Hall–Kier alpha value is -1.24. The van der Waals surface area contributed by atoms with Crippen LogP contribution in [-0.4, -0.2) is 37.7 Å². The molecule has 0 aromatic heterocycles. The Morgan fingerprint density at radius 2 is 1.97 bits per heavy atom. The Morgan fingerprint density at radius 3 is 2.67 bits per heavy atom. The highest BCUT2D eigenvalue weighted by atomic mass is 35.5. The lowest BCUT2D eigenvalue weighted by atomic mass is 10.1. The molecule has 8 heteroatoms. The van der Waals surface area contributed by atoms with E-state index in [0.717, 1.165) is 30.8 Å². The number of hydrogen-bond donors (Lipinski definition) is 1. The van der Waals surface area contributed by atoms with Crippen LogP contribution in [0, 0.1) is 5.82 Å². The van der Waals surface area contributed by atoms with Crippen LogP contribution in [0.2, 0.25) is 5.02 Å². The smallest absolute Gasteiger partial charge is 0.161 e. The summed E-state index contributed by atoms with van der Waals surface area (Å²) in [6.07, 6.45) is 2.56. The molecule has 168 valence electrons. The molecule has 0 saturated carbocycles. The number of methoxy groups -OCH3 is 1. The van der Waals surface area contributed by atoms with Gasteiger partial charge in [-0.3, -0.25) is 4.90 Å². The third-order valence-corrected chi connectivity index (χ3v) is 5.59. The highest BCUT2D eigenvalue weighted by Gasteiger charge is 2.22. The Balaban J connectivity index is 0.00000225. The van der Waals surface area contributed by atoms with Crippen molar-refractivity contribution in [3.63, 3.8) is 0 Å². The lowest BCUT2D eigenvalue weighted by molar-refractivity contribution is 0.260. The molecule has 1 aliphatic rings. The van der Waals surface area contributed by atoms with Crippen molar-refractivity contribution < 1.29 is 13.9 Å². The topological polar surface area (TPSA) is 33.7 Å². The minimum absolute atomic E-state index is 0. The summed E-state index contributed by atoms with van der Waals surface area (Å²) < 4.78 is 24.5. The van der Waals surface area contributed by atoms with Gasteiger partial charge in [-0.05, 0) is 55.8 Å². The Morgan fingerprint density at radius 1 is 1.17 bits per heavy atom. The summed E-state index contributed by atoms with van der Waals surface area (Å²) in [7, 11) is 1.63. The summed E-state index contributed by atoms with van der Waals surface area (Å²) >= 11 is 6.06. The normalized spacial score (nSPS) is 15.9. The number of nitrogens with one attached hydrogen (secondary N) is 1. The van der Waals surface area contributed by atoms with Crippen LogP contribution in [-0.2, 0) is 13.2 Å². The fraction of sp³-hybridized carbons (Fsp3) is 0.455. The number of benzene rings is 2. The average molecular weight is 480 g/mol. The zero-order valence-corrected chi connectivity index (χ0v) is 19.7. The second-order valence-corrected chi connectivity index (χ2v) is 7.47. The maximum absolute atomic E-state index is 13.2. The Labute approximate surface area is 195 Å². The number of rotatable bonds is 9. The highest BCUT2D eigenvalue weighted by molar-refractivity contribution is 6.31. The molecule has 2 aromatic rings. The zero-order valence-electron chi connectivity index (χ0n) is 17.3. The fourth-order valence-corrected chi connectivity index (χ4v) is 3.88. The van der Waals surface area contributed by atoms with E-state index in [1.165, 1.54) is 31.5 Å². The first kappa shape index (κ1) is 26.8. The minimum Gasteiger partial charge on any atom is -0.493 e. The van der Waals surface area contributed by atoms with E-state index >= 15 is 0 Å². The summed E-state index contributed by atoms with van der Waals surface area (Å²) in [5, 5.41) is 3.91. The second-order valence-electron chi connectivity index (χ2n) is 7.07. The second kappa shape index (κ2) is 13.2. The van der Waals surface area contributed by atoms with E-state index in [1.807, 2.05) is 18.2 Å². The fourth-order valence-electron chi connectivity index (χ4n) is 3.66. The summed E-state index contributed by atoms with van der Waals surface area (Å²) in [6.45, 7) is 6.58. The summed E-state index contributed by atoms with van der Waals surface area (Å²) in [5.74, 6) is 0.955. The molecule has 30 heavy (non-hydrogen) atoms. The van der Waals surface area contributed by atoms with Gasteiger partial charge in [0.2, 0.25) is 0 Å². The number of halogens is 4. The molecule has 1 heterocycles. The molecule has 0 amide bonds. The van der Waals surface area contributed by atoms with E-state index < -0.39 is 0 Å². The molecule has 1 atom stereocenters. The van der Waals surface area contributed by atoms with Crippen LogP contribution in [0.4, 0.5) is 4.39 Å². The van der Waals surface area contributed by atoms with Gasteiger partial charge in [-0.2, -0.15) is 0 Å². The molecule has 4 nitrogen and oxygen atoms in total. The lowest BCUT2D eigenvalue weighted by Gasteiger charge is -2.23. The molecular weight excluding hydrogens is 450 g/mol. The number of likely N-dealkylation sites (N-methyl/N-ethyl adjacent to an activating group) is 1. The van der Waals surface area contributed by atoms with Crippen molar-refractivity contribution in [2.75, 3.05) is 26.7 Å². The van der Waals surface area contributed by atoms with Gasteiger partial charge in [-0.15, -0.1) is 24.8 Å². The average Bonchev–Trinajstić information content (AvgIpc) is 3.15. The third kappa shape index (κ3) is 7.17. The minimum atomic E-state index is -0.358. The van der Waals surface area contributed by atoms with Crippen LogP contribution in [0.5, 0.6) is 11.5 Å². The van der Waals surface area contributed by atoms with Crippen molar-refractivity contribution in [3.8, 4) is 11.5 Å². The van der Waals surface area contributed by atoms with Gasteiger partial charge >= 0.3 is 0 Å². The zero-order chi connectivity index (χ0) is 19.9. The Bertz CT molecular complexity index is 795. The molecule has 3 rings (SSSR count). The number of likely N-dealkylation sites (tertiary alicyclic amines) is 1. The van der Waals surface area contributed by atoms with E-state index in [0.29, 0.717) is 22.6 Å². The van der Waals surface area contributed by atoms with E-state index in [-0.39, 0.29) is 37.2 Å².